The van der Waals surface area contributed by atoms with Gasteiger partial charge in [-0.05, 0) is 55.2 Å². The number of hydrogen-bond acceptors (Lipinski definition) is 2. The summed E-state index contributed by atoms with van der Waals surface area (Å²) in [5.74, 6) is -0.287. The fourth-order valence-corrected chi connectivity index (χ4v) is 2.98. The maximum absolute atomic E-state index is 13.5. The zero-order valence-corrected chi connectivity index (χ0v) is 12.1. The molecule has 0 fully saturated rings. The quantitative estimate of drug-likeness (QED) is 0.832. The molecule has 0 spiro atoms. The number of halogens is 1. The molecule has 0 radical (unpaired) electrons. The molecule has 3 heteroatoms. The molecule has 0 saturated heterocycles. The molecule has 0 unspecified atom stereocenters. The summed E-state index contributed by atoms with van der Waals surface area (Å²) in [4.78, 5) is 2.24. The van der Waals surface area contributed by atoms with E-state index in [9.17, 15) is 9.65 Å². The Labute approximate surface area is 124 Å². The van der Waals surface area contributed by atoms with Crippen molar-refractivity contribution in [2.24, 2.45) is 0 Å². The first-order valence-electron chi connectivity index (χ1n) is 7.20. The van der Waals surface area contributed by atoms with Crippen molar-refractivity contribution in [3.63, 3.8) is 0 Å². The van der Waals surface area contributed by atoms with Crippen LogP contribution >= 0.6 is 0 Å². The third kappa shape index (κ3) is 2.75. The van der Waals surface area contributed by atoms with Gasteiger partial charge in [0.05, 0.1) is 11.6 Å². The highest BCUT2D eigenvalue weighted by Gasteiger charge is 2.18. The van der Waals surface area contributed by atoms with Gasteiger partial charge in [0.2, 0.25) is 0 Å². The van der Waals surface area contributed by atoms with Crippen LogP contribution in [0.5, 0.6) is 0 Å². The van der Waals surface area contributed by atoms with Crippen molar-refractivity contribution in [1.82, 2.24) is 0 Å². The van der Waals surface area contributed by atoms with Gasteiger partial charge in [0.1, 0.15) is 5.82 Å². The fourth-order valence-electron chi connectivity index (χ4n) is 2.98. The van der Waals surface area contributed by atoms with Crippen LogP contribution in [0.4, 0.5) is 10.1 Å². The smallest absolute Gasteiger partial charge is 0.123 e. The Balaban J connectivity index is 1.94. The van der Waals surface area contributed by atoms with Crippen molar-refractivity contribution in [3.05, 3.63) is 64.5 Å². The van der Waals surface area contributed by atoms with Gasteiger partial charge in [-0.3, -0.25) is 0 Å². The van der Waals surface area contributed by atoms with Crippen LogP contribution in [0.1, 0.15) is 28.7 Å². The Morgan fingerprint density at radius 1 is 1.24 bits per heavy atom. The number of aryl methyl sites for hydroxylation is 2. The molecular weight excluding hydrogens is 263 g/mol. The Kier molecular flexibility index (Phi) is 3.62. The first-order valence-corrected chi connectivity index (χ1v) is 7.20. The maximum Gasteiger partial charge on any atom is 0.123 e. The van der Waals surface area contributed by atoms with E-state index in [2.05, 4.69) is 36.1 Å². The first kappa shape index (κ1) is 13.6. The molecule has 0 atom stereocenters. The highest BCUT2D eigenvalue weighted by Crippen LogP contribution is 2.29. The van der Waals surface area contributed by atoms with Crippen LogP contribution in [0.2, 0.25) is 0 Å². The van der Waals surface area contributed by atoms with E-state index in [1.807, 2.05) is 0 Å². The lowest BCUT2D eigenvalue weighted by Crippen LogP contribution is -2.29. The third-order valence-electron chi connectivity index (χ3n) is 4.00. The summed E-state index contributed by atoms with van der Waals surface area (Å²) in [6, 6.07) is 13.0. The molecule has 1 aliphatic rings. The minimum absolute atomic E-state index is 0.287. The number of anilines is 1. The van der Waals surface area contributed by atoms with E-state index >= 15 is 0 Å². The van der Waals surface area contributed by atoms with Crippen molar-refractivity contribution in [2.45, 2.75) is 26.3 Å². The molecule has 1 heterocycles. The highest BCUT2D eigenvalue weighted by molar-refractivity contribution is 5.57. The molecule has 0 amide bonds. The standard InChI is InChI=1S/C18H17FN2/c1-13-4-7-18-14(9-13)3-2-8-21(18)12-16-10-17(19)6-5-15(16)11-20/h4-7,9-10H,2-3,8,12H2,1H3. The Morgan fingerprint density at radius 2 is 2.10 bits per heavy atom. The van der Waals surface area contributed by atoms with E-state index in [0.29, 0.717) is 12.1 Å². The largest absolute Gasteiger partial charge is 0.367 e. The molecule has 0 N–H and O–H groups in total. The zero-order valence-electron chi connectivity index (χ0n) is 12.1. The van der Waals surface area contributed by atoms with Gasteiger partial charge in [-0.15, -0.1) is 0 Å². The van der Waals surface area contributed by atoms with E-state index in [4.69, 9.17) is 0 Å². The lowest BCUT2D eigenvalue weighted by Gasteiger charge is -2.32. The predicted octanol–water partition coefficient (Wildman–Crippen LogP) is 3.96. The van der Waals surface area contributed by atoms with Crippen LogP contribution in [0.15, 0.2) is 36.4 Å². The number of benzene rings is 2. The van der Waals surface area contributed by atoms with E-state index in [1.165, 1.54) is 28.9 Å². The van der Waals surface area contributed by atoms with Gasteiger partial charge in [0.15, 0.2) is 0 Å². The number of fused-ring (bicyclic) bond motifs is 1. The minimum Gasteiger partial charge on any atom is -0.367 e. The van der Waals surface area contributed by atoms with Crippen molar-refractivity contribution in [1.29, 1.82) is 5.26 Å². The molecule has 106 valence electrons. The summed E-state index contributed by atoms with van der Waals surface area (Å²) < 4.78 is 13.5. The molecule has 3 rings (SSSR count). The minimum atomic E-state index is -0.287. The second-order valence-corrected chi connectivity index (χ2v) is 5.57. The van der Waals surface area contributed by atoms with E-state index in [1.54, 1.807) is 6.07 Å². The molecule has 0 saturated carbocycles. The molecule has 0 aromatic heterocycles. The van der Waals surface area contributed by atoms with Crippen LogP contribution in [-0.2, 0) is 13.0 Å². The van der Waals surface area contributed by atoms with E-state index < -0.39 is 0 Å². The molecule has 21 heavy (non-hydrogen) atoms. The Hall–Kier alpha value is -2.34. The van der Waals surface area contributed by atoms with Crippen molar-refractivity contribution < 1.29 is 4.39 Å². The predicted molar refractivity (Wildman–Crippen MR) is 81.7 cm³/mol. The lowest BCUT2D eigenvalue weighted by atomic mass is 9.98. The third-order valence-corrected chi connectivity index (χ3v) is 4.00. The molecule has 1 aliphatic heterocycles. The highest BCUT2D eigenvalue weighted by atomic mass is 19.1. The van der Waals surface area contributed by atoms with Gasteiger partial charge in [0, 0.05) is 18.8 Å². The van der Waals surface area contributed by atoms with Crippen LogP contribution in [-0.4, -0.2) is 6.54 Å². The fraction of sp³-hybridized carbons (Fsp3) is 0.278. The topological polar surface area (TPSA) is 27.0 Å². The molecule has 2 nitrogen and oxygen atoms in total. The summed E-state index contributed by atoms with van der Waals surface area (Å²) in [6.07, 6.45) is 2.18. The second kappa shape index (κ2) is 5.57. The number of nitriles is 1. The molecule has 2 aromatic carbocycles. The number of hydrogen-bond donors (Lipinski definition) is 0. The van der Waals surface area contributed by atoms with Crippen LogP contribution in [0, 0.1) is 24.1 Å². The van der Waals surface area contributed by atoms with E-state index in [0.717, 1.165) is 24.9 Å². The molecular formula is C18H17FN2. The van der Waals surface area contributed by atoms with Gasteiger partial charge in [-0.2, -0.15) is 5.26 Å². The molecule has 0 aliphatic carbocycles. The summed E-state index contributed by atoms with van der Waals surface area (Å²) in [6.45, 7) is 3.62. The monoisotopic (exact) mass is 280 g/mol. The molecule has 2 aromatic rings. The van der Waals surface area contributed by atoms with Gasteiger partial charge in [-0.25, -0.2) is 4.39 Å². The van der Waals surface area contributed by atoms with Crippen LogP contribution < -0.4 is 4.90 Å². The van der Waals surface area contributed by atoms with Crippen molar-refractivity contribution >= 4 is 5.69 Å². The van der Waals surface area contributed by atoms with Gasteiger partial charge in [0.25, 0.3) is 0 Å². The van der Waals surface area contributed by atoms with Gasteiger partial charge in [-0.1, -0.05) is 17.7 Å². The normalized spacial score (nSPS) is 13.7. The number of rotatable bonds is 2. The van der Waals surface area contributed by atoms with Gasteiger partial charge >= 0.3 is 0 Å². The SMILES string of the molecule is Cc1ccc2c(c1)CCCN2Cc1cc(F)ccc1C#N. The summed E-state index contributed by atoms with van der Waals surface area (Å²) >= 11 is 0. The zero-order chi connectivity index (χ0) is 14.8. The second-order valence-electron chi connectivity index (χ2n) is 5.57. The summed E-state index contributed by atoms with van der Waals surface area (Å²) in [5.41, 5.74) is 5.12. The first-order chi connectivity index (χ1) is 10.2. The Bertz CT molecular complexity index is 716. The summed E-state index contributed by atoms with van der Waals surface area (Å²) in [7, 11) is 0. The van der Waals surface area contributed by atoms with Crippen molar-refractivity contribution in [2.75, 3.05) is 11.4 Å². The summed E-state index contributed by atoms with van der Waals surface area (Å²) in [5, 5.41) is 9.18. The average molecular weight is 280 g/mol. The lowest BCUT2D eigenvalue weighted by molar-refractivity contribution is 0.622. The Morgan fingerprint density at radius 3 is 2.90 bits per heavy atom. The molecule has 0 bridgehead atoms. The van der Waals surface area contributed by atoms with Crippen LogP contribution in [0.25, 0.3) is 0 Å². The van der Waals surface area contributed by atoms with Crippen molar-refractivity contribution in [3.8, 4) is 6.07 Å². The number of nitrogens with zero attached hydrogens (tertiary/aromatic N) is 2. The van der Waals surface area contributed by atoms with Gasteiger partial charge < -0.3 is 4.90 Å². The average Bonchev–Trinajstić information content (AvgIpc) is 2.47. The maximum atomic E-state index is 13.5. The van der Waals surface area contributed by atoms with E-state index in [-0.39, 0.29) is 5.82 Å². The van der Waals surface area contributed by atoms with Crippen LogP contribution in [0.3, 0.4) is 0 Å².